The summed E-state index contributed by atoms with van der Waals surface area (Å²) < 4.78 is 8.24. The quantitative estimate of drug-likeness (QED) is 0.749. The van der Waals surface area contributed by atoms with Gasteiger partial charge < -0.3 is 10.1 Å². The van der Waals surface area contributed by atoms with Crippen molar-refractivity contribution < 1.29 is 4.74 Å². The number of rotatable bonds is 3. The maximum atomic E-state index is 12.5. The van der Waals surface area contributed by atoms with Crippen molar-refractivity contribution in [2.24, 2.45) is 0 Å². The second-order valence-corrected chi connectivity index (χ2v) is 8.12. The lowest BCUT2D eigenvalue weighted by molar-refractivity contribution is 0.107. The van der Waals surface area contributed by atoms with Gasteiger partial charge in [0.05, 0.1) is 35.2 Å². The molecule has 1 N–H and O–H groups in total. The van der Waals surface area contributed by atoms with Crippen molar-refractivity contribution in [1.29, 1.82) is 0 Å². The van der Waals surface area contributed by atoms with Gasteiger partial charge in [-0.25, -0.2) is 14.6 Å². The molecule has 2 aliphatic rings. The Bertz CT molecular complexity index is 1020. The molecule has 1 saturated carbocycles. The molecule has 0 atom stereocenters. The number of fused-ring (bicyclic) bond motifs is 2. The van der Waals surface area contributed by atoms with E-state index in [1.54, 1.807) is 28.4 Å². The Labute approximate surface area is 160 Å². The van der Waals surface area contributed by atoms with Gasteiger partial charge in [-0.1, -0.05) is 0 Å². The van der Waals surface area contributed by atoms with E-state index in [9.17, 15) is 4.79 Å². The molecule has 8 heteroatoms. The smallest absolute Gasteiger partial charge is 0.267 e. The van der Waals surface area contributed by atoms with E-state index in [0.29, 0.717) is 19.3 Å². The van der Waals surface area contributed by atoms with Gasteiger partial charge in [-0.2, -0.15) is 5.10 Å². The zero-order valence-electron chi connectivity index (χ0n) is 14.9. The summed E-state index contributed by atoms with van der Waals surface area (Å²) in [5.74, 6) is 0.919. The standard InChI is InChI=1S/C19H21N5O2S/c25-17-9-12-10-26-7-5-15(12)23-24(17)14-3-1-13(2-4-14)22-19-18-16(6-8-27-18)20-11-21-19/h6,8-9,11,13-14H,1-5,7,10H2,(H,20,21,22). The third-order valence-corrected chi connectivity index (χ3v) is 6.40. The molecule has 7 nitrogen and oxygen atoms in total. The molecular formula is C19H21N5O2S. The van der Waals surface area contributed by atoms with Crippen LogP contribution in [0.5, 0.6) is 0 Å². The first-order valence-electron chi connectivity index (χ1n) is 9.42. The number of ether oxygens (including phenoxy) is 1. The first kappa shape index (κ1) is 16.8. The van der Waals surface area contributed by atoms with Gasteiger partial charge in [0, 0.05) is 24.1 Å². The van der Waals surface area contributed by atoms with Crippen molar-refractivity contribution in [3.63, 3.8) is 0 Å². The van der Waals surface area contributed by atoms with E-state index in [0.717, 1.165) is 59.4 Å². The average molecular weight is 383 g/mol. The van der Waals surface area contributed by atoms with Crippen LogP contribution in [0.1, 0.15) is 43.0 Å². The van der Waals surface area contributed by atoms with Crippen LogP contribution < -0.4 is 10.9 Å². The molecule has 0 saturated heterocycles. The number of aromatic nitrogens is 4. The highest BCUT2D eigenvalue weighted by atomic mass is 32.1. The molecule has 3 aromatic heterocycles. The van der Waals surface area contributed by atoms with Gasteiger partial charge in [0.2, 0.25) is 0 Å². The minimum Gasteiger partial charge on any atom is -0.376 e. The lowest BCUT2D eigenvalue weighted by Crippen LogP contribution is -2.35. The highest BCUT2D eigenvalue weighted by Crippen LogP contribution is 2.31. The van der Waals surface area contributed by atoms with Crippen LogP contribution >= 0.6 is 11.3 Å². The fourth-order valence-electron chi connectivity index (χ4n) is 4.04. The molecule has 27 heavy (non-hydrogen) atoms. The minimum atomic E-state index is -0.00764. The number of hydrogen-bond acceptors (Lipinski definition) is 7. The van der Waals surface area contributed by atoms with Crippen molar-refractivity contribution in [1.82, 2.24) is 19.7 Å². The topological polar surface area (TPSA) is 81.9 Å². The third-order valence-electron chi connectivity index (χ3n) is 5.49. The normalized spacial score (nSPS) is 22.5. The first-order valence-corrected chi connectivity index (χ1v) is 10.3. The number of anilines is 1. The highest BCUT2D eigenvalue weighted by molar-refractivity contribution is 7.17. The monoisotopic (exact) mass is 383 g/mol. The van der Waals surface area contributed by atoms with E-state index in [1.807, 2.05) is 11.4 Å². The first-order chi connectivity index (χ1) is 13.3. The molecule has 0 spiro atoms. The molecule has 140 valence electrons. The lowest BCUT2D eigenvalue weighted by atomic mass is 9.91. The van der Waals surface area contributed by atoms with Crippen molar-refractivity contribution >= 4 is 27.4 Å². The van der Waals surface area contributed by atoms with Crippen LogP contribution in [0.3, 0.4) is 0 Å². The van der Waals surface area contributed by atoms with E-state index < -0.39 is 0 Å². The summed E-state index contributed by atoms with van der Waals surface area (Å²) in [6.45, 7) is 1.19. The Balaban J connectivity index is 1.29. The van der Waals surface area contributed by atoms with E-state index in [4.69, 9.17) is 4.74 Å². The molecule has 1 aliphatic heterocycles. The average Bonchev–Trinajstić information content (AvgIpc) is 3.18. The second-order valence-electron chi connectivity index (χ2n) is 7.21. The second kappa shape index (κ2) is 7.01. The molecule has 0 unspecified atom stereocenters. The Morgan fingerprint density at radius 2 is 2.11 bits per heavy atom. The maximum Gasteiger partial charge on any atom is 0.267 e. The zero-order valence-corrected chi connectivity index (χ0v) is 15.7. The number of nitrogens with zero attached hydrogens (tertiary/aromatic N) is 4. The molecule has 3 aromatic rings. The van der Waals surface area contributed by atoms with Crippen molar-refractivity contribution in [3.05, 3.63) is 45.5 Å². The number of thiophene rings is 1. The maximum absolute atomic E-state index is 12.5. The summed E-state index contributed by atoms with van der Waals surface area (Å²) in [4.78, 5) is 21.2. The van der Waals surface area contributed by atoms with Gasteiger partial charge in [0.15, 0.2) is 0 Å². The lowest BCUT2D eigenvalue weighted by Gasteiger charge is -2.30. The van der Waals surface area contributed by atoms with E-state index in [1.165, 1.54) is 0 Å². The molecule has 1 fully saturated rings. The molecule has 0 bridgehead atoms. The Morgan fingerprint density at radius 3 is 3.00 bits per heavy atom. The van der Waals surface area contributed by atoms with E-state index in [-0.39, 0.29) is 11.6 Å². The molecule has 0 amide bonds. The predicted octanol–water partition coefficient (Wildman–Crippen LogP) is 2.92. The number of hydrogen-bond donors (Lipinski definition) is 1. The molecule has 1 aliphatic carbocycles. The van der Waals surface area contributed by atoms with Gasteiger partial charge in [-0.15, -0.1) is 11.3 Å². The van der Waals surface area contributed by atoms with Crippen LogP contribution in [0.25, 0.3) is 10.2 Å². The van der Waals surface area contributed by atoms with Crippen LogP contribution in [0.4, 0.5) is 5.82 Å². The third kappa shape index (κ3) is 3.23. The molecule has 0 radical (unpaired) electrons. The molecule has 0 aromatic carbocycles. The van der Waals surface area contributed by atoms with Gasteiger partial charge in [0.25, 0.3) is 5.56 Å². The largest absolute Gasteiger partial charge is 0.376 e. The summed E-state index contributed by atoms with van der Waals surface area (Å²) in [6, 6.07) is 4.27. The Hall–Kier alpha value is -2.32. The van der Waals surface area contributed by atoms with Gasteiger partial charge in [0.1, 0.15) is 12.1 Å². The SMILES string of the molecule is O=c1cc2c(nn1C1CCC(Nc3ncnc4ccsc34)CC1)CCOC2. The molecule has 4 heterocycles. The molecular weight excluding hydrogens is 362 g/mol. The summed E-state index contributed by atoms with van der Waals surface area (Å²) in [5, 5.41) is 10.3. The Morgan fingerprint density at radius 1 is 1.22 bits per heavy atom. The van der Waals surface area contributed by atoms with Crippen molar-refractivity contribution in [2.45, 2.75) is 50.8 Å². The summed E-state index contributed by atoms with van der Waals surface area (Å²) in [5.41, 5.74) is 2.94. The van der Waals surface area contributed by atoms with Gasteiger partial charge >= 0.3 is 0 Å². The van der Waals surface area contributed by atoms with Gasteiger partial charge in [-0.05, 0) is 37.1 Å². The van der Waals surface area contributed by atoms with Crippen LogP contribution in [0.2, 0.25) is 0 Å². The van der Waals surface area contributed by atoms with Crippen LogP contribution in [0, 0.1) is 0 Å². The highest BCUT2D eigenvalue weighted by Gasteiger charge is 2.25. The predicted molar refractivity (Wildman–Crippen MR) is 104 cm³/mol. The van der Waals surface area contributed by atoms with Gasteiger partial charge in [-0.3, -0.25) is 4.79 Å². The molecule has 5 rings (SSSR count). The van der Waals surface area contributed by atoms with Crippen LogP contribution in [0.15, 0.2) is 28.6 Å². The van der Waals surface area contributed by atoms with Crippen LogP contribution in [-0.2, 0) is 17.8 Å². The fourth-order valence-corrected chi connectivity index (χ4v) is 4.84. The summed E-state index contributed by atoms with van der Waals surface area (Å²) in [7, 11) is 0. The van der Waals surface area contributed by atoms with E-state index in [2.05, 4.69) is 20.4 Å². The van der Waals surface area contributed by atoms with E-state index >= 15 is 0 Å². The zero-order chi connectivity index (χ0) is 18.2. The van der Waals surface area contributed by atoms with Crippen LogP contribution in [-0.4, -0.2) is 32.4 Å². The number of nitrogens with one attached hydrogen (secondary N) is 1. The minimum absolute atomic E-state index is 0.00764. The fraction of sp³-hybridized carbons (Fsp3) is 0.474. The van der Waals surface area contributed by atoms with Crippen molar-refractivity contribution in [3.8, 4) is 0 Å². The Kier molecular flexibility index (Phi) is 4.37. The summed E-state index contributed by atoms with van der Waals surface area (Å²) in [6.07, 6.45) is 6.28. The van der Waals surface area contributed by atoms with Crippen molar-refractivity contribution in [2.75, 3.05) is 11.9 Å². The summed E-state index contributed by atoms with van der Waals surface area (Å²) >= 11 is 1.66.